The van der Waals surface area contributed by atoms with Crippen molar-refractivity contribution in [2.45, 2.75) is 5.41 Å². The molecule has 2 aliphatic carbocycles. The Hall–Kier alpha value is -8.56. The topological polar surface area (TPSA) is 3.24 Å². The van der Waals surface area contributed by atoms with E-state index in [9.17, 15) is 0 Å². The molecule has 0 bridgehead atoms. The number of nitrogens with zero attached hydrogens (tertiary/aromatic N) is 1. The van der Waals surface area contributed by atoms with Crippen LogP contribution in [0, 0.1) is 0 Å². The third-order valence-corrected chi connectivity index (χ3v) is 16.4. The predicted octanol–water partition coefficient (Wildman–Crippen LogP) is 18.7. The summed E-state index contributed by atoms with van der Waals surface area (Å²) in [6.45, 7) is 0. The van der Waals surface area contributed by atoms with Gasteiger partial charge in [0.1, 0.15) is 0 Å². The normalized spacial score (nSPS) is 13.0. The minimum Gasteiger partial charge on any atom is -0.310 e. The maximum atomic E-state index is 2.50. The number of benzene rings is 12. The molecule has 0 fully saturated rings. The predicted molar refractivity (Wildman–Crippen MR) is 294 cm³/mol. The van der Waals surface area contributed by atoms with Crippen LogP contribution in [0.1, 0.15) is 22.3 Å². The first kappa shape index (κ1) is 38.5. The van der Waals surface area contributed by atoms with Gasteiger partial charge in [-0.25, -0.2) is 0 Å². The molecule has 0 saturated carbocycles. The third-order valence-electron chi connectivity index (χ3n) is 15.3. The van der Waals surface area contributed by atoms with Crippen molar-refractivity contribution in [2.24, 2.45) is 0 Å². The maximum absolute atomic E-state index is 2.50. The van der Waals surface area contributed by atoms with Crippen molar-refractivity contribution in [1.29, 1.82) is 0 Å². The fraction of sp³-hybridized carbons (Fsp3) is 0.0149. The van der Waals surface area contributed by atoms with Crippen molar-refractivity contribution < 1.29 is 0 Å². The molecule has 0 amide bonds. The largest absolute Gasteiger partial charge is 0.310 e. The molecule has 0 unspecified atom stereocenters. The van der Waals surface area contributed by atoms with Gasteiger partial charge in [0.2, 0.25) is 0 Å². The highest BCUT2D eigenvalue weighted by molar-refractivity contribution is 7.25. The Kier molecular flexibility index (Phi) is 8.22. The first-order valence-corrected chi connectivity index (χ1v) is 24.7. The monoisotopic (exact) mass is 891 g/mol. The van der Waals surface area contributed by atoms with Gasteiger partial charge < -0.3 is 4.90 Å². The average Bonchev–Trinajstić information content (AvgIpc) is 4.05. The summed E-state index contributed by atoms with van der Waals surface area (Å²) in [5.41, 5.74) is 18.3. The number of hydrogen-bond acceptors (Lipinski definition) is 2. The van der Waals surface area contributed by atoms with Crippen molar-refractivity contribution in [3.63, 3.8) is 0 Å². The Morgan fingerprint density at radius 2 is 0.696 bits per heavy atom. The van der Waals surface area contributed by atoms with E-state index in [0.29, 0.717) is 0 Å². The lowest BCUT2D eigenvalue weighted by atomic mass is 9.70. The highest BCUT2D eigenvalue weighted by Crippen LogP contribution is 2.63. The van der Waals surface area contributed by atoms with Crippen molar-refractivity contribution in [3.8, 4) is 44.5 Å². The molecule has 0 saturated heterocycles. The number of thiophene rings is 1. The second kappa shape index (κ2) is 14.7. The number of anilines is 3. The van der Waals surface area contributed by atoms with E-state index in [1.54, 1.807) is 0 Å². The molecule has 0 N–H and O–H groups in total. The van der Waals surface area contributed by atoms with Gasteiger partial charge in [-0.1, -0.05) is 188 Å². The van der Waals surface area contributed by atoms with E-state index in [1.165, 1.54) is 119 Å². The quantitative estimate of drug-likeness (QED) is 0.156. The maximum Gasteiger partial charge on any atom is 0.0726 e. The van der Waals surface area contributed by atoms with E-state index in [1.807, 2.05) is 11.3 Å². The van der Waals surface area contributed by atoms with Gasteiger partial charge in [-0.2, -0.15) is 0 Å². The van der Waals surface area contributed by atoms with Crippen LogP contribution in [0.5, 0.6) is 0 Å². The zero-order chi connectivity index (χ0) is 45.2. The number of rotatable bonds is 5. The van der Waals surface area contributed by atoms with Crippen LogP contribution in [0.2, 0.25) is 0 Å². The Morgan fingerprint density at radius 3 is 1.35 bits per heavy atom. The van der Waals surface area contributed by atoms with Gasteiger partial charge >= 0.3 is 0 Å². The number of fused-ring (bicyclic) bond motifs is 19. The highest BCUT2D eigenvalue weighted by atomic mass is 32.1. The summed E-state index contributed by atoms with van der Waals surface area (Å²) >= 11 is 1.87. The summed E-state index contributed by atoms with van der Waals surface area (Å²) in [6, 6.07) is 93.2. The molecule has 13 aromatic rings. The summed E-state index contributed by atoms with van der Waals surface area (Å²) in [5, 5.41) is 10.2. The summed E-state index contributed by atoms with van der Waals surface area (Å²) < 4.78 is 2.65. The summed E-state index contributed by atoms with van der Waals surface area (Å²) in [7, 11) is 0. The van der Waals surface area contributed by atoms with E-state index in [4.69, 9.17) is 0 Å². The Bertz CT molecular complexity index is 4170. The molecule has 12 aromatic carbocycles. The Balaban J connectivity index is 0.916. The van der Waals surface area contributed by atoms with Crippen LogP contribution in [-0.4, -0.2) is 0 Å². The highest BCUT2D eigenvalue weighted by Gasteiger charge is 2.51. The lowest BCUT2D eigenvalue weighted by Crippen LogP contribution is -2.26. The van der Waals surface area contributed by atoms with Crippen molar-refractivity contribution >= 4 is 80.9 Å². The van der Waals surface area contributed by atoms with Crippen molar-refractivity contribution in [3.05, 3.63) is 271 Å². The molecule has 2 aliphatic rings. The van der Waals surface area contributed by atoms with E-state index >= 15 is 0 Å². The zero-order valence-corrected chi connectivity index (χ0v) is 38.3. The van der Waals surface area contributed by atoms with Crippen molar-refractivity contribution in [2.75, 3.05) is 4.90 Å². The van der Waals surface area contributed by atoms with Gasteiger partial charge in [-0.15, -0.1) is 11.3 Å². The van der Waals surface area contributed by atoms with Gasteiger partial charge in [-0.05, 0) is 160 Å². The molecule has 0 radical (unpaired) electrons. The van der Waals surface area contributed by atoms with Gasteiger partial charge in [0.15, 0.2) is 0 Å². The summed E-state index contributed by atoms with van der Waals surface area (Å²) in [5.74, 6) is 0. The van der Waals surface area contributed by atoms with E-state index in [0.717, 1.165) is 17.1 Å². The summed E-state index contributed by atoms with van der Waals surface area (Å²) in [6.07, 6.45) is 0. The van der Waals surface area contributed by atoms with Crippen LogP contribution >= 0.6 is 11.3 Å². The molecular weight excluding hydrogens is 851 g/mol. The Labute approximate surface area is 404 Å². The first-order chi connectivity index (χ1) is 34.2. The van der Waals surface area contributed by atoms with Gasteiger partial charge in [-0.3, -0.25) is 0 Å². The molecular formula is C67H41NS. The van der Waals surface area contributed by atoms with Crippen LogP contribution in [0.15, 0.2) is 249 Å². The molecule has 1 nitrogen and oxygen atoms in total. The molecule has 1 heterocycles. The van der Waals surface area contributed by atoms with E-state index in [-0.39, 0.29) is 0 Å². The third kappa shape index (κ3) is 5.52. The van der Waals surface area contributed by atoms with Crippen LogP contribution in [0.3, 0.4) is 0 Å². The number of hydrogen-bond donors (Lipinski definition) is 0. The van der Waals surface area contributed by atoms with Gasteiger partial charge in [0.25, 0.3) is 0 Å². The van der Waals surface area contributed by atoms with Crippen LogP contribution < -0.4 is 4.90 Å². The first-order valence-electron chi connectivity index (χ1n) is 23.9. The van der Waals surface area contributed by atoms with Crippen molar-refractivity contribution in [1.82, 2.24) is 0 Å². The lowest BCUT2D eigenvalue weighted by molar-refractivity contribution is 0.793. The van der Waals surface area contributed by atoms with Crippen LogP contribution in [-0.2, 0) is 5.41 Å². The minimum atomic E-state index is -0.449. The SMILES string of the molecule is c1cc(-c2ccc(N(c3ccc4c(c3)C3(c5ccccc5-c5ccccc53)c3ccccc3-4)c3ccc4c5ccccc5c5ccccc5c4c3)cc2)cc(-c2ccc3sc4ccccc4c3c2)c1. The fourth-order valence-corrected chi connectivity index (χ4v) is 13.4. The van der Waals surface area contributed by atoms with Gasteiger partial charge in [0.05, 0.1) is 5.41 Å². The summed E-state index contributed by atoms with van der Waals surface area (Å²) in [4.78, 5) is 2.48. The standard InChI is InChI=1S/C67H41NS/c1-2-18-51-49(16-1)50-17-3-4-19-52(50)59-40-47(33-35-53(51)59)68(46-31-28-42(29-32-46)43-14-13-15-44(38-43)45-30-37-66-60(39-45)58-23-8-12-27-65(58)69-66)48-34-36-57-56-22-7-11-26-63(56)67(64(57)41-48)61-24-9-5-20-54(61)55-21-6-10-25-62(55)67/h1-41H. The second-order valence-corrected chi connectivity index (χ2v) is 19.8. The molecule has 1 spiro atoms. The zero-order valence-electron chi connectivity index (χ0n) is 37.5. The molecule has 320 valence electrons. The van der Waals surface area contributed by atoms with Crippen LogP contribution in [0.25, 0.3) is 97.0 Å². The van der Waals surface area contributed by atoms with Crippen LogP contribution in [0.4, 0.5) is 17.1 Å². The van der Waals surface area contributed by atoms with E-state index < -0.39 is 5.41 Å². The molecule has 2 heteroatoms. The fourth-order valence-electron chi connectivity index (χ4n) is 12.3. The average molecular weight is 892 g/mol. The van der Waals surface area contributed by atoms with E-state index in [2.05, 4.69) is 254 Å². The molecule has 69 heavy (non-hydrogen) atoms. The molecule has 15 rings (SSSR count). The molecule has 0 atom stereocenters. The minimum absolute atomic E-state index is 0.449. The molecule has 1 aromatic heterocycles. The Morgan fingerprint density at radius 1 is 0.246 bits per heavy atom. The molecule has 0 aliphatic heterocycles. The van der Waals surface area contributed by atoms with Gasteiger partial charge in [0, 0.05) is 37.2 Å². The lowest BCUT2D eigenvalue weighted by Gasteiger charge is -2.32. The second-order valence-electron chi connectivity index (χ2n) is 18.7. The smallest absolute Gasteiger partial charge is 0.0726 e.